The summed E-state index contributed by atoms with van der Waals surface area (Å²) in [6.07, 6.45) is 0.986. The predicted molar refractivity (Wildman–Crippen MR) is 119 cm³/mol. The molecule has 0 unspecified atom stereocenters. The van der Waals surface area contributed by atoms with E-state index in [1.807, 2.05) is 0 Å². The first kappa shape index (κ1) is 23.1. The summed E-state index contributed by atoms with van der Waals surface area (Å²) < 4.78 is 10.6. The Balaban J connectivity index is 1.80. The van der Waals surface area contributed by atoms with Crippen molar-refractivity contribution in [3.8, 4) is 0 Å². The number of carbonyl (C=O) groups is 2. The van der Waals surface area contributed by atoms with Crippen LogP contribution in [-0.2, 0) is 16.0 Å². The molecule has 10 heteroatoms. The number of aliphatic carboxylic acids is 1. The Morgan fingerprint density at radius 3 is 2.58 bits per heavy atom. The Morgan fingerprint density at radius 2 is 1.84 bits per heavy atom. The molecule has 2 N–H and O–H groups in total. The lowest BCUT2D eigenvalue weighted by atomic mass is 10.1. The Labute approximate surface area is 191 Å². The molecule has 162 valence electrons. The minimum Gasteiger partial charge on any atom is -0.480 e. The molecule has 0 saturated carbocycles. The third-order valence-electron chi connectivity index (χ3n) is 4.25. The minimum atomic E-state index is -1.05. The Morgan fingerprint density at radius 1 is 1.06 bits per heavy atom. The van der Waals surface area contributed by atoms with Crippen molar-refractivity contribution in [3.05, 3.63) is 73.0 Å². The maximum absolute atomic E-state index is 12.7. The molecule has 1 heterocycles. The highest BCUT2D eigenvalue weighted by Gasteiger charge is 2.16. The van der Waals surface area contributed by atoms with Crippen molar-refractivity contribution in [1.29, 1.82) is 0 Å². The third-order valence-corrected chi connectivity index (χ3v) is 4.98. The number of nitrogens with one attached hydrogen (secondary N) is 1. The number of hydrogen-bond acceptors (Lipinski definition) is 5. The van der Waals surface area contributed by atoms with Crippen LogP contribution in [0.4, 0.5) is 5.69 Å². The number of carboxylic acids is 1. The molecular formula is C21H16Cl3NO6. The number of anilines is 1. The molecule has 31 heavy (non-hydrogen) atoms. The van der Waals surface area contributed by atoms with Crippen LogP contribution < -0.4 is 10.7 Å². The van der Waals surface area contributed by atoms with Gasteiger partial charge in [0, 0.05) is 28.4 Å². The van der Waals surface area contributed by atoms with Crippen molar-refractivity contribution in [2.45, 2.75) is 12.8 Å². The van der Waals surface area contributed by atoms with Crippen LogP contribution in [0.25, 0.3) is 11.0 Å². The van der Waals surface area contributed by atoms with Crippen molar-refractivity contribution in [2.75, 3.05) is 18.5 Å². The third kappa shape index (κ3) is 5.98. The summed E-state index contributed by atoms with van der Waals surface area (Å²) in [4.78, 5) is 35.6. The molecule has 0 fully saturated rings. The quantitative estimate of drug-likeness (QED) is 0.434. The number of carbonyl (C=O) groups excluding carboxylic acids is 1. The van der Waals surface area contributed by atoms with Crippen molar-refractivity contribution in [2.24, 2.45) is 0 Å². The Kier molecular flexibility index (Phi) is 7.56. The zero-order valence-electron chi connectivity index (χ0n) is 15.9. The van der Waals surface area contributed by atoms with Gasteiger partial charge >= 0.3 is 5.97 Å². The predicted octanol–water partition coefficient (Wildman–Crippen LogP) is 5.04. The molecular weight excluding hydrogens is 469 g/mol. The van der Waals surface area contributed by atoms with E-state index in [0.717, 1.165) is 6.07 Å². The molecule has 0 aliphatic carbocycles. The average Bonchev–Trinajstić information content (AvgIpc) is 2.70. The molecule has 0 aliphatic heterocycles. The van der Waals surface area contributed by atoms with E-state index in [9.17, 15) is 14.4 Å². The van der Waals surface area contributed by atoms with E-state index >= 15 is 0 Å². The molecule has 3 aromatic rings. The van der Waals surface area contributed by atoms with Gasteiger partial charge in [-0.3, -0.25) is 9.59 Å². The molecule has 2 aromatic carbocycles. The van der Waals surface area contributed by atoms with Crippen LogP contribution in [0.1, 0.15) is 22.5 Å². The fraction of sp³-hybridized carbons (Fsp3) is 0.190. The summed E-state index contributed by atoms with van der Waals surface area (Å²) in [5.41, 5.74) is 0.795. The maximum atomic E-state index is 12.7. The van der Waals surface area contributed by atoms with E-state index in [1.165, 1.54) is 12.1 Å². The number of rotatable bonds is 8. The van der Waals surface area contributed by atoms with Gasteiger partial charge in [0.05, 0.1) is 10.4 Å². The zero-order chi connectivity index (χ0) is 22.5. The first-order valence-corrected chi connectivity index (χ1v) is 10.2. The van der Waals surface area contributed by atoms with Crippen molar-refractivity contribution in [1.82, 2.24) is 0 Å². The fourth-order valence-corrected chi connectivity index (χ4v) is 3.62. The van der Waals surface area contributed by atoms with Gasteiger partial charge in [-0.2, -0.15) is 0 Å². The van der Waals surface area contributed by atoms with Gasteiger partial charge in [-0.05, 0) is 48.7 Å². The molecule has 0 radical (unpaired) electrons. The van der Waals surface area contributed by atoms with Crippen LogP contribution in [0.5, 0.6) is 0 Å². The van der Waals surface area contributed by atoms with E-state index in [4.69, 9.17) is 49.1 Å². The van der Waals surface area contributed by atoms with E-state index in [0.29, 0.717) is 29.1 Å². The summed E-state index contributed by atoms with van der Waals surface area (Å²) in [7, 11) is 0. The van der Waals surface area contributed by atoms with Crippen molar-refractivity contribution >= 4 is 63.3 Å². The smallest absolute Gasteiger partial charge is 0.329 e. The molecule has 7 nitrogen and oxygen atoms in total. The van der Waals surface area contributed by atoms with Crippen molar-refractivity contribution in [3.63, 3.8) is 0 Å². The van der Waals surface area contributed by atoms with Crippen LogP contribution in [0.15, 0.2) is 45.6 Å². The second-order valence-corrected chi connectivity index (χ2v) is 7.82. The largest absolute Gasteiger partial charge is 0.480 e. The van der Waals surface area contributed by atoms with Gasteiger partial charge in [-0.15, -0.1) is 0 Å². The number of benzene rings is 2. The summed E-state index contributed by atoms with van der Waals surface area (Å²) in [5, 5.41) is 12.3. The zero-order valence-corrected chi connectivity index (χ0v) is 18.2. The Bertz CT molecular complexity index is 1210. The number of fused-ring (bicyclic) bond motifs is 1. The fourth-order valence-electron chi connectivity index (χ4n) is 2.89. The average molecular weight is 485 g/mol. The molecule has 0 bridgehead atoms. The molecule has 0 atom stereocenters. The highest BCUT2D eigenvalue weighted by atomic mass is 35.5. The SMILES string of the molecule is O=C(O)COCCCc1cc(Cl)ccc1NC(=O)c1cc(=O)c2cc(Cl)cc(Cl)c2o1. The number of aryl methyl sites for hydroxylation is 1. The molecule has 3 rings (SSSR count). The van der Waals surface area contributed by atoms with E-state index < -0.39 is 17.3 Å². The van der Waals surface area contributed by atoms with Crippen LogP contribution in [0, 0.1) is 0 Å². The first-order chi connectivity index (χ1) is 14.7. The van der Waals surface area contributed by atoms with Gasteiger partial charge in [0.15, 0.2) is 16.8 Å². The highest BCUT2D eigenvalue weighted by molar-refractivity contribution is 6.38. The standard InChI is InChI=1S/C21H16Cl3NO6/c22-12-3-4-16(11(6-12)2-1-5-30-10-19(27)28)25-21(29)18-9-17(26)14-7-13(23)8-15(24)20(14)31-18/h3-4,6-9H,1-2,5,10H2,(H,25,29)(H,27,28). The lowest BCUT2D eigenvalue weighted by Crippen LogP contribution is -2.16. The van der Waals surface area contributed by atoms with Gasteiger partial charge in [0.25, 0.3) is 5.91 Å². The number of carboxylic acid groups (broad SMARTS) is 1. The van der Waals surface area contributed by atoms with Gasteiger partial charge in [0.1, 0.15) is 6.61 Å². The van der Waals surface area contributed by atoms with Crippen LogP contribution >= 0.6 is 34.8 Å². The number of ether oxygens (including phenoxy) is 1. The van der Waals surface area contributed by atoms with Crippen molar-refractivity contribution < 1.29 is 23.8 Å². The van der Waals surface area contributed by atoms with Crippen LogP contribution in [0.3, 0.4) is 0 Å². The summed E-state index contributed by atoms with van der Waals surface area (Å²) in [6.45, 7) is -0.152. The monoisotopic (exact) mass is 483 g/mol. The van der Waals surface area contributed by atoms with Gasteiger partial charge in [0.2, 0.25) is 0 Å². The molecule has 1 aromatic heterocycles. The number of halogens is 3. The number of amides is 1. The van der Waals surface area contributed by atoms with Crippen LogP contribution in [0.2, 0.25) is 15.1 Å². The Hall–Kier alpha value is -2.58. The second kappa shape index (κ2) is 10.2. The summed E-state index contributed by atoms with van der Waals surface area (Å²) >= 11 is 18.1. The van der Waals surface area contributed by atoms with Gasteiger partial charge in [-0.1, -0.05) is 34.8 Å². The van der Waals surface area contributed by atoms with E-state index in [1.54, 1.807) is 18.2 Å². The lowest BCUT2D eigenvalue weighted by molar-refractivity contribution is -0.142. The first-order valence-electron chi connectivity index (χ1n) is 9.07. The summed E-state index contributed by atoms with van der Waals surface area (Å²) in [5.74, 6) is -1.90. The van der Waals surface area contributed by atoms with Crippen LogP contribution in [-0.4, -0.2) is 30.2 Å². The highest BCUT2D eigenvalue weighted by Crippen LogP contribution is 2.27. The minimum absolute atomic E-state index is 0.0654. The maximum Gasteiger partial charge on any atom is 0.329 e. The topological polar surface area (TPSA) is 106 Å². The summed E-state index contributed by atoms with van der Waals surface area (Å²) in [6, 6.07) is 8.82. The molecule has 1 amide bonds. The van der Waals surface area contributed by atoms with E-state index in [2.05, 4.69) is 5.32 Å². The van der Waals surface area contributed by atoms with Gasteiger partial charge < -0.3 is 19.6 Å². The normalized spacial score (nSPS) is 10.9. The molecule has 0 aliphatic rings. The van der Waals surface area contributed by atoms with E-state index in [-0.39, 0.29) is 40.0 Å². The van der Waals surface area contributed by atoms with Gasteiger partial charge in [-0.25, -0.2) is 4.79 Å². The molecule has 0 saturated heterocycles. The number of hydrogen-bond donors (Lipinski definition) is 2. The lowest BCUT2D eigenvalue weighted by Gasteiger charge is -2.12. The molecule has 0 spiro atoms. The second-order valence-electron chi connectivity index (χ2n) is 6.54.